The molecule has 0 bridgehead atoms. The van der Waals surface area contributed by atoms with E-state index in [2.05, 4.69) is 20.2 Å². The second-order valence-corrected chi connectivity index (χ2v) is 8.58. The maximum Gasteiger partial charge on any atom is 0.254 e. The molecule has 1 saturated carbocycles. The van der Waals surface area contributed by atoms with Gasteiger partial charge in [0.15, 0.2) is 5.82 Å². The number of hydrogen-bond acceptors (Lipinski definition) is 5. The van der Waals surface area contributed by atoms with E-state index in [0.717, 1.165) is 18.4 Å². The Labute approximate surface area is 186 Å². The summed E-state index contributed by atoms with van der Waals surface area (Å²) < 4.78 is 0. The minimum Gasteiger partial charge on any atom is -0.339 e. The third kappa shape index (κ3) is 3.66. The van der Waals surface area contributed by atoms with Crippen LogP contribution in [-0.4, -0.2) is 61.4 Å². The Kier molecular flexibility index (Phi) is 5.20. The van der Waals surface area contributed by atoms with Crippen LogP contribution in [0.15, 0.2) is 54.9 Å². The van der Waals surface area contributed by atoms with E-state index in [9.17, 15) is 9.59 Å². The molecule has 164 valence electrons. The van der Waals surface area contributed by atoms with Gasteiger partial charge in [0.1, 0.15) is 11.9 Å². The number of aromatic amines is 1. The Hall–Kier alpha value is -3.55. The molecule has 2 amide bonds. The zero-order valence-corrected chi connectivity index (χ0v) is 18.1. The van der Waals surface area contributed by atoms with E-state index < -0.39 is 11.5 Å². The van der Waals surface area contributed by atoms with Crippen molar-refractivity contribution in [2.24, 2.45) is 0 Å². The predicted molar refractivity (Wildman–Crippen MR) is 118 cm³/mol. The van der Waals surface area contributed by atoms with Gasteiger partial charge in [-0.05, 0) is 43.9 Å². The van der Waals surface area contributed by atoms with Gasteiger partial charge < -0.3 is 9.80 Å². The molecule has 1 aliphatic carbocycles. The van der Waals surface area contributed by atoms with Crippen LogP contribution >= 0.6 is 0 Å². The summed E-state index contributed by atoms with van der Waals surface area (Å²) >= 11 is 0. The molecule has 8 nitrogen and oxygen atoms in total. The van der Waals surface area contributed by atoms with E-state index in [1.165, 1.54) is 0 Å². The number of rotatable bonds is 4. The number of amides is 2. The lowest BCUT2D eigenvalue weighted by molar-refractivity contribution is -0.134. The van der Waals surface area contributed by atoms with Crippen LogP contribution in [0.3, 0.4) is 0 Å². The number of H-pyrrole nitrogens is 1. The maximum atomic E-state index is 13.7. The molecule has 5 rings (SSSR count). The first-order valence-corrected chi connectivity index (χ1v) is 11.0. The smallest absolute Gasteiger partial charge is 0.254 e. The van der Waals surface area contributed by atoms with E-state index in [1.807, 2.05) is 42.2 Å². The van der Waals surface area contributed by atoms with Crippen LogP contribution in [0, 0.1) is 6.92 Å². The Bertz CT molecular complexity index is 1110. The van der Waals surface area contributed by atoms with Crippen molar-refractivity contribution in [2.75, 3.05) is 19.6 Å². The van der Waals surface area contributed by atoms with Crippen molar-refractivity contribution in [3.05, 3.63) is 77.6 Å². The standard InChI is InChI=1S/C24H26N6O2/c1-17-26-21(28-27-17)20-16-29(23(32)24(10-11-24)19-6-3-2-4-7-19)14-5-15-30(20)22(31)18-8-12-25-13-9-18/h2-4,6-9,12-13,20H,5,10-11,14-16H2,1H3,(H,26,27,28). The van der Waals surface area contributed by atoms with Gasteiger partial charge in [-0.1, -0.05) is 30.3 Å². The van der Waals surface area contributed by atoms with Crippen molar-refractivity contribution >= 4 is 11.8 Å². The molecule has 1 saturated heterocycles. The van der Waals surface area contributed by atoms with Crippen molar-refractivity contribution in [3.63, 3.8) is 0 Å². The van der Waals surface area contributed by atoms with Crippen LogP contribution in [0.25, 0.3) is 0 Å². The van der Waals surface area contributed by atoms with Crippen molar-refractivity contribution in [2.45, 2.75) is 37.6 Å². The van der Waals surface area contributed by atoms with Gasteiger partial charge in [-0.3, -0.25) is 19.7 Å². The second kappa shape index (κ2) is 8.18. The Balaban J connectivity index is 1.46. The Morgan fingerprint density at radius 3 is 2.47 bits per heavy atom. The van der Waals surface area contributed by atoms with Crippen LogP contribution in [0.5, 0.6) is 0 Å². The van der Waals surface area contributed by atoms with Gasteiger partial charge in [0.2, 0.25) is 5.91 Å². The van der Waals surface area contributed by atoms with Crippen LogP contribution < -0.4 is 0 Å². The van der Waals surface area contributed by atoms with Gasteiger partial charge in [-0.15, -0.1) is 0 Å². The lowest BCUT2D eigenvalue weighted by atomic mass is 9.94. The lowest BCUT2D eigenvalue weighted by Crippen LogP contribution is -2.44. The minimum absolute atomic E-state index is 0.0988. The monoisotopic (exact) mass is 430 g/mol. The second-order valence-electron chi connectivity index (χ2n) is 8.58. The summed E-state index contributed by atoms with van der Waals surface area (Å²) in [7, 11) is 0. The largest absolute Gasteiger partial charge is 0.339 e. The molecule has 2 fully saturated rings. The highest BCUT2D eigenvalue weighted by Gasteiger charge is 2.53. The highest BCUT2D eigenvalue weighted by Crippen LogP contribution is 2.50. The van der Waals surface area contributed by atoms with Gasteiger partial charge in [0.05, 0.1) is 5.41 Å². The molecule has 1 aromatic carbocycles. The molecule has 8 heteroatoms. The van der Waals surface area contributed by atoms with Crippen LogP contribution in [-0.2, 0) is 10.2 Å². The summed E-state index contributed by atoms with van der Waals surface area (Å²) in [6.07, 6.45) is 5.65. The lowest BCUT2D eigenvalue weighted by Gasteiger charge is -2.31. The number of carbonyl (C=O) groups excluding carboxylic acids is 2. The average Bonchev–Trinajstić information content (AvgIpc) is 3.58. The normalized spacial score (nSPS) is 20.0. The molecule has 32 heavy (non-hydrogen) atoms. The summed E-state index contributed by atoms with van der Waals surface area (Å²) in [5.41, 5.74) is 1.20. The predicted octanol–water partition coefficient (Wildman–Crippen LogP) is 2.66. The third-order valence-corrected chi connectivity index (χ3v) is 6.47. The zero-order valence-electron chi connectivity index (χ0n) is 18.1. The number of hydrogen-bond donors (Lipinski definition) is 1. The number of carbonyl (C=O) groups is 2. The van der Waals surface area contributed by atoms with Gasteiger partial charge in [0, 0.05) is 37.6 Å². The molecule has 1 N–H and O–H groups in total. The number of pyridine rings is 1. The molecule has 2 aliphatic rings. The topological polar surface area (TPSA) is 95.1 Å². The van der Waals surface area contributed by atoms with Crippen molar-refractivity contribution in [1.29, 1.82) is 0 Å². The SMILES string of the molecule is Cc1nc(C2CN(C(=O)C3(c4ccccc4)CC3)CCCN2C(=O)c2ccncc2)n[nH]1. The first-order chi connectivity index (χ1) is 15.6. The number of aryl methyl sites for hydroxylation is 1. The van der Waals surface area contributed by atoms with Crippen LogP contribution in [0.2, 0.25) is 0 Å². The number of benzene rings is 1. The summed E-state index contributed by atoms with van der Waals surface area (Å²) in [6.45, 7) is 3.34. The highest BCUT2D eigenvalue weighted by molar-refractivity contribution is 5.95. The van der Waals surface area contributed by atoms with Gasteiger partial charge in [-0.2, -0.15) is 5.10 Å². The number of aromatic nitrogens is 4. The fraction of sp³-hybridized carbons (Fsp3) is 0.375. The fourth-order valence-corrected chi connectivity index (χ4v) is 4.62. The summed E-state index contributed by atoms with van der Waals surface area (Å²) in [5, 5.41) is 7.24. The number of nitrogens with one attached hydrogen (secondary N) is 1. The molecule has 0 spiro atoms. The Morgan fingerprint density at radius 2 is 1.81 bits per heavy atom. The van der Waals surface area contributed by atoms with E-state index in [0.29, 0.717) is 43.3 Å². The van der Waals surface area contributed by atoms with Gasteiger partial charge in [-0.25, -0.2) is 4.98 Å². The highest BCUT2D eigenvalue weighted by atomic mass is 16.2. The molecule has 0 radical (unpaired) electrons. The van der Waals surface area contributed by atoms with Crippen molar-refractivity contribution in [1.82, 2.24) is 30.0 Å². The zero-order chi connectivity index (χ0) is 22.1. The van der Waals surface area contributed by atoms with E-state index >= 15 is 0 Å². The first-order valence-electron chi connectivity index (χ1n) is 11.0. The quantitative estimate of drug-likeness (QED) is 0.687. The molecule has 2 aromatic heterocycles. The molecule has 1 atom stereocenters. The summed E-state index contributed by atoms with van der Waals surface area (Å²) in [5.74, 6) is 1.26. The van der Waals surface area contributed by atoms with Crippen LogP contribution in [0.4, 0.5) is 0 Å². The van der Waals surface area contributed by atoms with Crippen LogP contribution in [0.1, 0.15) is 52.9 Å². The third-order valence-electron chi connectivity index (χ3n) is 6.47. The van der Waals surface area contributed by atoms with Gasteiger partial charge in [0.25, 0.3) is 5.91 Å². The molecule has 3 aromatic rings. The van der Waals surface area contributed by atoms with E-state index in [1.54, 1.807) is 29.4 Å². The first kappa shape index (κ1) is 20.4. The molecule has 1 unspecified atom stereocenters. The van der Waals surface area contributed by atoms with E-state index in [-0.39, 0.29) is 11.8 Å². The maximum absolute atomic E-state index is 13.7. The number of nitrogens with zero attached hydrogens (tertiary/aromatic N) is 5. The summed E-state index contributed by atoms with van der Waals surface area (Å²) in [6, 6.07) is 13.0. The minimum atomic E-state index is -0.439. The van der Waals surface area contributed by atoms with Crippen molar-refractivity contribution in [3.8, 4) is 0 Å². The average molecular weight is 431 g/mol. The van der Waals surface area contributed by atoms with Gasteiger partial charge >= 0.3 is 0 Å². The molecular weight excluding hydrogens is 404 g/mol. The molecular formula is C24H26N6O2. The summed E-state index contributed by atoms with van der Waals surface area (Å²) in [4.78, 5) is 39.4. The molecule has 3 heterocycles. The fourth-order valence-electron chi connectivity index (χ4n) is 4.62. The Morgan fingerprint density at radius 1 is 1.06 bits per heavy atom. The molecule has 1 aliphatic heterocycles. The van der Waals surface area contributed by atoms with Crippen molar-refractivity contribution < 1.29 is 9.59 Å². The van der Waals surface area contributed by atoms with E-state index in [4.69, 9.17) is 0 Å².